The SMILES string of the molecule is CC(C)(C)OC(=O)NCC(=O)Nc1ccnc(-c2cc(-c3ccon3)n(Cc3ccccc3F)n2)n1.[HH].[HH]. The number of amides is 2. The van der Waals surface area contributed by atoms with Gasteiger partial charge in [0.25, 0.3) is 0 Å². The molecular formula is C24H28FN7O4. The predicted octanol–water partition coefficient (Wildman–Crippen LogP) is 4.14. The minimum Gasteiger partial charge on any atom is -0.444 e. The average Bonchev–Trinajstić information content (AvgIpc) is 3.48. The van der Waals surface area contributed by atoms with Gasteiger partial charge in [0.15, 0.2) is 5.82 Å². The van der Waals surface area contributed by atoms with Crippen molar-refractivity contribution < 1.29 is 26.1 Å². The molecule has 1 aromatic carbocycles. The van der Waals surface area contributed by atoms with Crippen LogP contribution in [0.5, 0.6) is 0 Å². The van der Waals surface area contributed by atoms with Gasteiger partial charge >= 0.3 is 6.09 Å². The van der Waals surface area contributed by atoms with Crippen LogP contribution in [-0.2, 0) is 16.1 Å². The third-order valence-corrected chi connectivity index (χ3v) is 4.70. The summed E-state index contributed by atoms with van der Waals surface area (Å²) >= 11 is 0. The van der Waals surface area contributed by atoms with Crippen molar-refractivity contribution in [3.8, 4) is 22.9 Å². The number of carbonyl (C=O) groups is 2. The first-order chi connectivity index (χ1) is 17.2. The quantitative estimate of drug-likeness (QED) is 0.389. The fraction of sp³-hybridized carbons (Fsp3) is 0.250. The second-order valence-electron chi connectivity index (χ2n) is 8.72. The Morgan fingerprint density at radius 1 is 1.17 bits per heavy atom. The van der Waals surface area contributed by atoms with E-state index in [2.05, 4.69) is 30.9 Å². The lowest BCUT2D eigenvalue weighted by Crippen LogP contribution is -2.37. The number of halogens is 1. The molecule has 3 aromatic heterocycles. The summed E-state index contributed by atoms with van der Waals surface area (Å²) in [5.74, 6) is -0.423. The fourth-order valence-corrected chi connectivity index (χ4v) is 3.19. The zero-order valence-electron chi connectivity index (χ0n) is 19.9. The molecule has 0 radical (unpaired) electrons. The minimum absolute atomic E-state index is 0. The number of ether oxygens (including phenoxy) is 1. The van der Waals surface area contributed by atoms with Crippen LogP contribution in [0.25, 0.3) is 22.9 Å². The number of carbonyl (C=O) groups excluding carboxylic acids is 2. The van der Waals surface area contributed by atoms with E-state index in [4.69, 9.17) is 9.26 Å². The van der Waals surface area contributed by atoms with Gasteiger partial charge in [-0.1, -0.05) is 23.4 Å². The second-order valence-corrected chi connectivity index (χ2v) is 8.72. The zero-order chi connectivity index (χ0) is 25.7. The molecule has 4 rings (SSSR count). The molecule has 11 nitrogen and oxygen atoms in total. The summed E-state index contributed by atoms with van der Waals surface area (Å²) in [6.45, 7) is 5.01. The second kappa shape index (κ2) is 10.3. The highest BCUT2D eigenvalue weighted by molar-refractivity contribution is 5.93. The van der Waals surface area contributed by atoms with Crippen molar-refractivity contribution in [2.24, 2.45) is 0 Å². The number of aromatic nitrogens is 5. The number of nitrogens with zero attached hydrogens (tertiary/aromatic N) is 5. The molecule has 0 saturated heterocycles. The van der Waals surface area contributed by atoms with Crippen molar-refractivity contribution in [1.82, 2.24) is 30.2 Å². The smallest absolute Gasteiger partial charge is 0.408 e. The molecule has 190 valence electrons. The third kappa shape index (κ3) is 6.29. The largest absolute Gasteiger partial charge is 0.444 e. The Morgan fingerprint density at radius 3 is 2.69 bits per heavy atom. The van der Waals surface area contributed by atoms with Gasteiger partial charge < -0.3 is 19.9 Å². The van der Waals surface area contributed by atoms with E-state index in [1.165, 1.54) is 24.6 Å². The van der Waals surface area contributed by atoms with Gasteiger partial charge in [0, 0.05) is 20.7 Å². The van der Waals surface area contributed by atoms with E-state index < -0.39 is 17.6 Å². The molecule has 36 heavy (non-hydrogen) atoms. The van der Waals surface area contributed by atoms with Crippen molar-refractivity contribution in [2.45, 2.75) is 32.9 Å². The number of hydrogen-bond donors (Lipinski definition) is 2. The van der Waals surface area contributed by atoms with Crippen molar-refractivity contribution >= 4 is 17.8 Å². The summed E-state index contributed by atoms with van der Waals surface area (Å²) in [4.78, 5) is 32.6. The van der Waals surface area contributed by atoms with Crippen LogP contribution >= 0.6 is 0 Å². The molecule has 2 amide bonds. The number of anilines is 1. The minimum atomic E-state index is -0.707. The summed E-state index contributed by atoms with van der Waals surface area (Å²) in [6, 6.07) is 11.3. The highest BCUT2D eigenvalue weighted by atomic mass is 19.1. The highest BCUT2D eigenvalue weighted by Crippen LogP contribution is 2.25. The standard InChI is InChI=1S/C24H24FN7O4.2H2/c1-24(2,3)36-23(34)27-13-21(33)28-20-8-10-26-22(29-20)18-12-19(17-9-11-35-31-17)32(30-18)14-15-6-4-5-7-16(15)25;;/h4-12H,13-14H2,1-3H3,(H,27,34)(H,26,28,29,33);2*1H. The maximum absolute atomic E-state index is 14.3. The highest BCUT2D eigenvalue weighted by Gasteiger charge is 2.19. The van der Waals surface area contributed by atoms with Gasteiger partial charge in [-0.15, -0.1) is 0 Å². The summed E-state index contributed by atoms with van der Waals surface area (Å²) in [7, 11) is 0. The van der Waals surface area contributed by atoms with Gasteiger partial charge in [-0.25, -0.2) is 19.2 Å². The molecule has 0 aliphatic rings. The average molecular weight is 498 g/mol. The van der Waals surface area contributed by atoms with Crippen LogP contribution in [-0.4, -0.2) is 49.1 Å². The molecule has 0 atom stereocenters. The maximum atomic E-state index is 14.3. The van der Waals surface area contributed by atoms with E-state index in [0.717, 1.165) is 0 Å². The van der Waals surface area contributed by atoms with Gasteiger partial charge in [-0.3, -0.25) is 9.48 Å². The van der Waals surface area contributed by atoms with Gasteiger partial charge in [0.05, 0.1) is 12.2 Å². The first-order valence-electron chi connectivity index (χ1n) is 11.0. The summed E-state index contributed by atoms with van der Waals surface area (Å²) in [6.07, 6.45) is 2.18. The first-order valence-corrected chi connectivity index (χ1v) is 11.0. The van der Waals surface area contributed by atoms with Crippen LogP contribution in [0.1, 0.15) is 29.2 Å². The van der Waals surface area contributed by atoms with Gasteiger partial charge in [-0.05, 0) is 39.0 Å². The molecule has 3 heterocycles. The summed E-state index contributed by atoms with van der Waals surface area (Å²) in [5, 5.41) is 13.5. The third-order valence-electron chi connectivity index (χ3n) is 4.70. The summed E-state index contributed by atoms with van der Waals surface area (Å²) in [5.41, 5.74) is 1.22. The number of hydrogen-bond acceptors (Lipinski definition) is 8. The lowest BCUT2D eigenvalue weighted by molar-refractivity contribution is -0.115. The van der Waals surface area contributed by atoms with Crippen LogP contribution in [0.2, 0.25) is 0 Å². The molecule has 0 saturated carbocycles. The Balaban J connectivity index is 0.00000253. The van der Waals surface area contributed by atoms with Gasteiger partial charge in [-0.2, -0.15) is 5.10 Å². The predicted molar refractivity (Wildman–Crippen MR) is 131 cm³/mol. The molecule has 0 spiro atoms. The van der Waals surface area contributed by atoms with E-state index >= 15 is 0 Å². The first kappa shape index (κ1) is 24.5. The Hall–Kier alpha value is -4.61. The molecular weight excluding hydrogens is 469 g/mol. The van der Waals surface area contributed by atoms with E-state index in [1.54, 1.807) is 55.8 Å². The Bertz CT molecular complexity index is 1370. The van der Waals surface area contributed by atoms with Crippen LogP contribution < -0.4 is 10.6 Å². The molecule has 2 N–H and O–H groups in total. The Morgan fingerprint density at radius 2 is 1.97 bits per heavy atom. The fourth-order valence-electron chi connectivity index (χ4n) is 3.19. The van der Waals surface area contributed by atoms with Gasteiger partial charge in [0.2, 0.25) is 5.91 Å². The monoisotopic (exact) mass is 497 g/mol. The number of alkyl carbamates (subject to hydrolysis) is 1. The maximum Gasteiger partial charge on any atom is 0.408 e. The van der Waals surface area contributed by atoms with Crippen LogP contribution in [0.3, 0.4) is 0 Å². The molecule has 0 aliphatic heterocycles. The van der Waals surface area contributed by atoms with Crippen LogP contribution in [0.4, 0.5) is 15.0 Å². The molecule has 0 aliphatic carbocycles. The van der Waals surface area contributed by atoms with Gasteiger partial charge in [0.1, 0.15) is 41.4 Å². The normalized spacial score (nSPS) is 11.2. The van der Waals surface area contributed by atoms with E-state index in [9.17, 15) is 14.0 Å². The van der Waals surface area contributed by atoms with E-state index in [0.29, 0.717) is 22.6 Å². The molecule has 0 fully saturated rings. The van der Waals surface area contributed by atoms with Crippen molar-refractivity contribution in [1.29, 1.82) is 0 Å². The van der Waals surface area contributed by atoms with Crippen LogP contribution in [0.15, 0.2) is 59.4 Å². The molecule has 0 bridgehead atoms. The van der Waals surface area contributed by atoms with Crippen molar-refractivity contribution in [3.05, 3.63) is 66.3 Å². The zero-order valence-corrected chi connectivity index (χ0v) is 19.9. The topological polar surface area (TPSA) is 137 Å². The Kier molecular flexibility index (Phi) is 7.04. The van der Waals surface area contributed by atoms with E-state index in [-0.39, 0.29) is 33.4 Å². The lowest BCUT2D eigenvalue weighted by Gasteiger charge is -2.19. The number of benzene rings is 1. The van der Waals surface area contributed by atoms with Crippen LogP contribution in [0, 0.1) is 5.82 Å². The molecule has 4 aromatic rings. The number of rotatable bonds is 7. The molecule has 12 heteroatoms. The van der Waals surface area contributed by atoms with Crippen molar-refractivity contribution in [3.63, 3.8) is 0 Å². The van der Waals surface area contributed by atoms with Crippen molar-refractivity contribution in [2.75, 3.05) is 11.9 Å². The van der Waals surface area contributed by atoms with E-state index in [1.807, 2.05) is 0 Å². The molecule has 0 unspecified atom stereocenters. The number of nitrogens with one attached hydrogen (secondary N) is 2. The summed E-state index contributed by atoms with van der Waals surface area (Å²) < 4.78 is 25.9. The lowest BCUT2D eigenvalue weighted by atomic mass is 10.2. The Labute approximate surface area is 208 Å².